The van der Waals surface area contributed by atoms with E-state index in [-0.39, 0.29) is 23.7 Å². The van der Waals surface area contributed by atoms with Gasteiger partial charge >= 0.3 is 15.9 Å². The number of halogens is 3. The molecular formula is C10H9F2IO4. The van der Waals surface area contributed by atoms with Gasteiger partial charge in [-0.15, -0.1) is 0 Å². The fraction of sp³-hybridized carbons (Fsp3) is 0.800. The minimum Gasteiger partial charge on any atom is -0.458 e. The largest absolute Gasteiger partial charge is 0.458 e. The lowest BCUT2D eigenvalue weighted by molar-refractivity contribution is -0.173. The Morgan fingerprint density at radius 3 is 2.82 bits per heavy atom. The van der Waals surface area contributed by atoms with E-state index in [1.807, 2.05) is 0 Å². The van der Waals surface area contributed by atoms with E-state index in [9.17, 15) is 18.4 Å². The second-order valence-electron chi connectivity index (χ2n) is 4.77. The molecule has 2 aliphatic carbocycles. The van der Waals surface area contributed by atoms with Crippen LogP contribution in [0.5, 0.6) is 0 Å². The summed E-state index contributed by atoms with van der Waals surface area (Å²) in [6.45, 7) is 0. The van der Waals surface area contributed by atoms with Crippen molar-refractivity contribution in [3.63, 3.8) is 0 Å². The molecule has 0 aromatic heterocycles. The van der Waals surface area contributed by atoms with Crippen LogP contribution in [0, 0.1) is 17.8 Å². The molecule has 1 saturated heterocycles. The summed E-state index contributed by atoms with van der Waals surface area (Å²) >= 11 is 0.737. The van der Waals surface area contributed by atoms with Crippen LogP contribution in [0.1, 0.15) is 12.8 Å². The third-order valence-corrected chi connectivity index (χ3v) is 4.33. The lowest BCUT2D eigenvalue weighted by atomic mass is 9.88. The molecule has 4 nitrogen and oxygen atoms in total. The zero-order valence-electron chi connectivity index (χ0n) is 8.57. The second-order valence-corrected chi connectivity index (χ2v) is 6.13. The van der Waals surface area contributed by atoms with E-state index < -0.39 is 22.1 Å². The first-order chi connectivity index (χ1) is 7.88. The van der Waals surface area contributed by atoms with Gasteiger partial charge in [-0.05, 0) is 12.8 Å². The van der Waals surface area contributed by atoms with Crippen molar-refractivity contribution in [1.29, 1.82) is 0 Å². The summed E-state index contributed by atoms with van der Waals surface area (Å²) in [6.07, 6.45) is 0.126. The minimum absolute atomic E-state index is 0.0100. The summed E-state index contributed by atoms with van der Waals surface area (Å²) in [7, 11) is 0. The van der Waals surface area contributed by atoms with Crippen molar-refractivity contribution < 1.29 is 27.8 Å². The number of hydrogen-bond donors (Lipinski definition) is 0. The van der Waals surface area contributed by atoms with Gasteiger partial charge in [0.1, 0.15) is 12.2 Å². The monoisotopic (exact) mass is 358 g/mol. The average molecular weight is 358 g/mol. The standard InChI is InChI=1S/C10H9F2IO4/c11-10(12,13)9(15)17-6-3-1-4-5(2-3)8(14)16-7(4)6/h3-7H,1-2H2. The van der Waals surface area contributed by atoms with E-state index in [4.69, 9.17) is 9.47 Å². The van der Waals surface area contributed by atoms with Crippen molar-refractivity contribution in [2.45, 2.75) is 29.0 Å². The maximum atomic E-state index is 12.7. The Labute approximate surface area is 109 Å². The highest BCUT2D eigenvalue weighted by Gasteiger charge is 2.63. The highest BCUT2D eigenvalue weighted by Crippen LogP contribution is 2.55. The Morgan fingerprint density at radius 2 is 2.18 bits per heavy atom. The van der Waals surface area contributed by atoms with Crippen LogP contribution in [0.25, 0.3) is 0 Å². The lowest BCUT2D eigenvalue weighted by Gasteiger charge is -2.25. The summed E-state index contributed by atoms with van der Waals surface area (Å²) in [4.78, 5) is 22.5. The Bertz CT molecular complexity index is 394. The highest BCUT2D eigenvalue weighted by molar-refractivity contribution is 14.1. The first kappa shape index (κ1) is 11.6. The fourth-order valence-electron chi connectivity index (χ4n) is 3.25. The molecule has 0 radical (unpaired) electrons. The molecule has 17 heavy (non-hydrogen) atoms. The number of ether oxygens (including phenoxy) is 2. The Balaban J connectivity index is 1.75. The topological polar surface area (TPSA) is 52.6 Å². The van der Waals surface area contributed by atoms with E-state index in [1.165, 1.54) is 0 Å². The third-order valence-electron chi connectivity index (χ3n) is 3.89. The summed E-state index contributed by atoms with van der Waals surface area (Å²) in [5.41, 5.74) is 0. The number of esters is 2. The van der Waals surface area contributed by atoms with E-state index in [2.05, 4.69) is 0 Å². The van der Waals surface area contributed by atoms with Gasteiger partial charge < -0.3 is 9.47 Å². The molecule has 0 aromatic rings. The van der Waals surface area contributed by atoms with Crippen molar-refractivity contribution in [3.8, 4) is 0 Å². The molecule has 1 heterocycles. The van der Waals surface area contributed by atoms with Crippen molar-refractivity contribution in [2.24, 2.45) is 17.8 Å². The lowest BCUT2D eigenvalue weighted by Crippen LogP contribution is -2.39. The van der Waals surface area contributed by atoms with Gasteiger partial charge in [-0.25, -0.2) is 4.79 Å². The molecule has 2 saturated carbocycles. The quantitative estimate of drug-likeness (QED) is 0.427. The third kappa shape index (κ3) is 1.65. The molecule has 1 aliphatic heterocycles. The summed E-state index contributed by atoms with van der Waals surface area (Å²) in [6, 6.07) is 0. The maximum Gasteiger partial charge on any atom is 0.390 e. The van der Waals surface area contributed by atoms with Gasteiger partial charge in [-0.2, -0.15) is 8.78 Å². The van der Waals surface area contributed by atoms with Crippen molar-refractivity contribution in [3.05, 3.63) is 0 Å². The summed E-state index contributed by atoms with van der Waals surface area (Å²) < 4.78 is 31.9. The normalized spacial score (nSPS) is 42.8. The van der Waals surface area contributed by atoms with Crippen molar-refractivity contribution in [2.75, 3.05) is 0 Å². The molecule has 3 fully saturated rings. The predicted molar refractivity (Wildman–Crippen MR) is 58.4 cm³/mol. The maximum absolute atomic E-state index is 12.7. The van der Waals surface area contributed by atoms with Crippen LogP contribution in [-0.4, -0.2) is 28.1 Å². The molecule has 3 rings (SSSR count). The van der Waals surface area contributed by atoms with E-state index >= 15 is 0 Å². The number of hydrogen-bond acceptors (Lipinski definition) is 4. The molecule has 5 unspecified atom stereocenters. The zero-order valence-corrected chi connectivity index (χ0v) is 10.7. The van der Waals surface area contributed by atoms with Gasteiger partial charge in [0.15, 0.2) is 0 Å². The molecule has 0 spiro atoms. The Hall–Kier alpha value is -0.470. The van der Waals surface area contributed by atoms with Gasteiger partial charge in [0.2, 0.25) is 0 Å². The molecule has 0 aromatic carbocycles. The molecule has 0 amide bonds. The second kappa shape index (κ2) is 3.52. The van der Waals surface area contributed by atoms with Crippen molar-refractivity contribution >= 4 is 34.5 Å². The predicted octanol–water partition coefficient (Wildman–Crippen LogP) is 1.51. The first-order valence-corrected chi connectivity index (χ1v) is 6.44. The Morgan fingerprint density at radius 1 is 1.47 bits per heavy atom. The first-order valence-electron chi connectivity index (χ1n) is 5.36. The van der Waals surface area contributed by atoms with Crippen LogP contribution in [0.15, 0.2) is 0 Å². The fourth-order valence-corrected chi connectivity index (χ4v) is 3.38. The van der Waals surface area contributed by atoms with E-state index in [0.717, 1.165) is 29.0 Å². The molecule has 7 heteroatoms. The van der Waals surface area contributed by atoms with E-state index in [0.29, 0.717) is 6.42 Å². The van der Waals surface area contributed by atoms with Crippen LogP contribution in [0.4, 0.5) is 8.78 Å². The summed E-state index contributed by atoms with van der Waals surface area (Å²) in [5, 5.41) is 0. The van der Waals surface area contributed by atoms with Crippen molar-refractivity contribution in [1.82, 2.24) is 0 Å². The molecule has 0 N–H and O–H groups in total. The zero-order chi connectivity index (χ0) is 12.4. The van der Waals surface area contributed by atoms with Gasteiger partial charge in [0.25, 0.3) is 0 Å². The van der Waals surface area contributed by atoms with Crippen LogP contribution in [0.2, 0.25) is 0 Å². The van der Waals surface area contributed by atoms with Gasteiger partial charge in [0.05, 0.1) is 5.92 Å². The number of alkyl halides is 3. The average Bonchev–Trinajstić information content (AvgIpc) is 2.80. The number of rotatable bonds is 2. The Kier molecular flexibility index (Phi) is 2.40. The number of fused-ring (bicyclic) bond motifs is 1. The summed E-state index contributed by atoms with van der Waals surface area (Å²) in [5.74, 6) is -1.89. The van der Waals surface area contributed by atoms with Crippen LogP contribution >= 0.6 is 22.6 Å². The van der Waals surface area contributed by atoms with Gasteiger partial charge in [-0.3, -0.25) is 4.79 Å². The highest BCUT2D eigenvalue weighted by atomic mass is 127. The van der Waals surface area contributed by atoms with Gasteiger partial charge in [0, 0.05) is 34.4 Å². The number of carbonyl (C=O) groups is 2. The molecule has 2 bridgehead atoms. The molecular weight excluding hydrogens is 349 g/mol. The molecule has 5 atom stereocenters. The minimum atomic E-state index is -3.53. The van der Waals surface area contributed by atoms with Gasteiger partial charge in [-0.1, -0.05) is 0 Å². The SMILES string of the molecule is O=C1OC2C3CC(CC13)C2OC(=O)C(F)(F)I. The molecule has 3 aliphatic rings. The van der Waals surface area contributed by atoms with E-state index in [1.54, 1.807) is 0 Å². The number of carbonyl (C=O) groups excluding carboxylic acids is 2. The smallest absolute Gasteiger partial charge is 0.390 e. The molecule has 94 valence electrons. The van der Waals surface area contributed by atoms with Crippen LogP contribution in [-0.2, 0) is 19.1 Å². The van der Waals surface area contributed by atoms with Crippen LogP contribution in [0.3, 0.4) is 0 Å². The van der Waals surface area contributed by atoms with Crippen LogP contribution < -0.4 is 0 Å².